The maximum Gasteiger partial charge on any atom is 0.219 e. The standard InChI is InChI=1S/C10H15NO/c1-8(12)11-6-9-4-2-3-5-10(9)7-11/h2,4,9-10H,3,5-7H2,1H3. The lowest BCUT2D eigenvalue weighted by Crippen LogP contribution is -2.25. The summed E-state index contributed by atoms with van der Waals surface area (Å²) in [5.41, 5.74) is 0. The molecule has 0 radical (unpaired) electrons. The third kappa shape index (κ3) is 1.26. The predicted molar refractivity (Wildman–Crippen MR) is 47.6 cm³/mol. The predicted octanol–water partition coefficient (Wildman–Crippen LogP) is 1.43. The van der Waals surface area contributed by atoms with Crippen LogP contribution < -0.4 is 0 Å². The Hall–Kier alpha value is -0.790. The lowest BCUT2D eigenvalue weighted by atomic mass is 9.87. The summed E-state index contributed by atoms with van der Waals surface area (Å²) in [4.78, 5) is 13.1. The molecule has 0 aromatic heterocycles. The van der Waals surface area contributed by atoms with E-state index in [-0.39, 0.29) is 5.91 Å². The highest BCUT2D eigenvalue weighted by Gasteiger charge is 2.32. The van der Waals surface area contributed by atoms with Gasteiger partial charge in [-0.15, -0.1) is 0 Å². The average Bonchev–Trinajstić information content (AvgIpc) is 2.46. The Morgan fingerprint density at radius 1 is 1.50 bits per heavy atom. The molecular weight excluding hydrogens is 150 g/mol. The zero-order valence-corrected chi connectivity index (χ0v) is 7.49. The first-order chi connectivity index (χ1) is 5.77. The van der Waals surface area contributed by atoms with Gasteiger partial charge in [0.25, 0.3) is 0 Å². The first-order valence-electron chi connectivity index (χ1n) is 4.69. The highest BCUT2D eigenvalue weighted by molar-refractivity contribution is 5.73. The van der Waals surface area contributed by atoms with Crippen LogP contribution in [0.15, 0.2) is 12.2 Å². The van der Waals surface area contributed by atoms with Crippen LogP contribution in [-0.2, 0) is 4.79 Å². The van der Waals surface area contributed by atoms with Crippen LogP contribution in [0.25, 0.3) is 0 Å². The van der Waals surface area contributed by atoms with E-state index < -0.39 is 0 Å². The number of nitrogens with zero attached hydrogens (tertiary/aromatic N) is 1. The van der Waals surface area contributed by atoms with Crippen LogP contribution >= 0.6 is 0 Å². The summed E-state index contributed by atoms with van der Waals surface area (Å²) >= 11 is 0. The number of hydrogen-bond acceptors (Lipinski definition) is 1. The Balaban J connectivity index is 2.05. The molecule has 1 aliphatic heterocycles. The van der Waals surface area contributed by atoms with Gasteiger partial charge in [0.05, 0.1) is 0 Å². The monoisotopic (exact) mass is 165 g/mol. The number of likely N-dealkylation sites (tertiary alicyclic amines) is 1. The second-order valence-electron chi connectivity index (χ2n) is 3.85. The van der Waals surface area contributed by atoms with Crippen molar-refractivity contribution in [3.05, 3.63) is 12.2 Å². The van der Waals surface area contributed by atoms with Crippen molar-refractivity contribution in [1.82, 2.24) is 4.90 Å². The van der Waals surface area contributed by atoms with Crippen molar-refractivity contribution in [3.63, 3.8) is 0 Å². The molecule has 2 unspecified atom stereocenters. The van der Waals surface area contributed by atoms with E-state index in [1.807, 2.05) is 4.90 Å². The lowest BCUT2D eigenvalue weighted by Gasteiger charge is -2.17. The van der Waals surface area contributed by atoms with Gasteiger partial charge in [0.15, 0.2) is 0 Å². The molecule has 0 N–H and O–H groups in total. The second kappa shape index (κ2) is 2.92. The Bertz CT molecular complexity index is 222. The molecule has 1 heterocycles. The molecule has 1 amide bonds. The van der Waals surface area contributed by atoms with Gasteiger partial charge in [-0.1, -0.05) is 12.2 Å². The quantitative estimate of drug-likeness (QED) is 0.497. The number of fused-ring (bicyclic) bond motifs is 1. The van der Waals surface area contributed by atoms with E-state index in [9.17, 15) is 4.79 Å². The van der Waals surface area contributed by atoms with Crippen LogP contribution in [0.2, 0.25) is 0 Å². The lowest BCUT2D eigenvalue weighted by molar-refractivity contribution is -0.127. The molecular formula is C10H15NO. The molecule has 0 spiro atoms. The zero-order valence-electron chi connectivity index (χ0n) is 7.49. The third-order valence-corrected chi connectivity index (χ3v) is 3.02. The fraction of sp³-hybridized carbons (Fsp3) is 0.700. The van der Waals surface area contributed by atoms with Gasteiger partial charge in [0, 0.05) is 20.0 Å². The normalized spacial score (nSPS) is 33.6. The third-order valence-electron chi connectivity index (χ3n) is 3.02. The van der Waals surface area contributed by atoms with Crippen molar-refractivity contribution in [1.29, 1.82) is 0 Å². The molecule has 1 fully saturated rings. The number of allylic oxidation sites excluding steroid dienone is 1. The highest BCUT2D eigenvalue weighted by atomic mass is 16.2. The number of hydrogen-bond donors (Lipinski definition) is 0. The topological polar surface area (TPSA) is 20.3 Å². The van der Waals surface area contributed by atoms with E-state index in [1.165, 1.54) is 12.8 Å². The fourth-order valence-corrected chi connectivity index (χ4v) is 2.26. The maximum atomic E-state index is 11.1. The van der Waals surface area contributed by atoms with Gasteiger partial charge in [0.1, 0.15) is 0 Å². The van der Waals surface area contributed by atoms with Crippen LogP contribution in [0.3, 0.4) is 0 Å². The molecule has 12 heavy (non-hydrogen) atoms. The van der Waals surface area contributed by atoms with Crippen molar-refractivity contribution in [2.75, 3.05) is 13.1 Å². The van der Waals surface area contributed by atoms with Gasteiger partial charge in [-0.25, -0.2) is 0 Å². The Morgan fingerprint density at radius 2 is 2.33 bits per heavy atom. The van der Waals surface area contributed by atoms with Crippen LogP contribution in [0.5, 0.6) is 0 Å². The minimum absolute atomic E-state index is 0.234. The number of carbonyl (C=O) groups is 1. The minimum Gasteiger partial charge on any atom is -0.342 e. The molecule has 0 saturated carbocycles. The van der Waals surface area contributed by atoms with Crippen LogP contribution in [0.1, 0.15) is 19.8 Å². The van der Waals surface area contributed by atoms with Gasteiger partial charge in [0.2, 0.25) is 5.91 Å². The number of carbonyl (C=O) groups excluding carboxylic acids is 1. The molecule has 66 valence electrons. The van der Waals surface area contributed by atoms with Crippen molar-refractivity contribution >= 4 is 5.91 Å². The molecule has 2 nitrogen and oxygen atoms in total. The van der Waals surface area contributed by atoms with E-state index in [4.69, 9.17) is 0 Å². The SMILES string of the molecule is CC(=O)N1CC2C=CCCC2C1. The van der Waals surface area contributed by atoms with Crippen LogP contribution in [0, 0.1) is 11.8 Å². The van der Waals surface area contributed by atoms with Gasteiger partial charge < -0.3 is 4.90 Å². The van der Waals surface area contributed by atoms with Gasteiger partial charge in [-0.2, -0.15) is 0 Å². The molecule has 1 saturated heterocycles. The molecule has 0 aromatic rings. The smallest absolute Gasteiger partial charge is 0.219 e. The van der Waals surface area contributed by atoms with Crippen LogP contribution in [0.4, 0.5) is 0 Å². The summed E-state index contributed by atoms with van der Waals surface area (Å²) in [5.74, 6) is 1.64. The first-order valence-corrected chi connectivity index (χ1v) is 4.69. The fourth-order valence-electron chi connectivity index (χ4n) is 2.26. The molecule has 2 heteroatoms. The van der Waals surface area contributed by atoms with Gasteiger partial charge in [-0.3, -0.25) is 4.79 Å². The van der Waals surface area contributed by atoms with Crippen molar-refractivity contribution < 1.29 is 4.79 Å². The van der Waals surface area contributed by atoms with Crippen molar-refractivity contribution in [2.45, 2.75) is 19.8 Å². The van der Waals surface area contributed by atoms with Crippen molar-refractivity contribution in [2.24, 2.45) is 11.8 Å². The molecule has 2 atom stereocenters. The highest BCUT2D eigenvalue weighted by Crippen LogP contribution is 2.31. The minimum atomic E-state index is 0.234. The summed E-state index contributed by atoms with van der Waals surface area (Å²) < 4.78 is 0. The zero-order chi connectivity index (χ0) is 8.55. The summed E-state index contributed by atoms with van der Waals surface area (Å²) in [5, 5.41) is 0. The molecule has 1 aliphatic carbocycles. The van der Waals surface area contributed by atoms with E-state index in [0.717, 1.165) is 19.0 Å². The van der Waals surface area contributed by atoms with E-state index in [1.54, 1.807) is 6.92 Å². The van der Waals surface area contributed by atoms with Gasteiger partial charge in [-0.05, 0) is 24.7 Å². The Kier molecular flexibility index (Phi) is 1.91. The van der Waals surface area contributed by atoms with E-state index >= 15 is 0 Å². The molecule has 2 aliphatic rings. The summed E-state index contributed by atoms with van der Waals surface area (Å²) in [7, 11) is 0. The largest absolute Gasteiger partial charge is 0.342 e. The Labute approximate surface area is 73.2 Å². The first kappa shape index (κ1) is 7.84. The Morgan fingerprint density at radius 3 is 3.00 bits per heavy atom. The summed E-state index contributed by atoms with van der Waals surface area (Å²) in [6.45, 7) is 3.61. The molecule has 2 rings (SSSR count). The van der Waals surface area contributed by atoms with Crippen LogP contribution in [-0.4, -0.2) is 23.9 Å². The summed E-state index contributed by atoms with van der Waals surface area (Å²) in [6, 6.07) is 0. The second-order valence-corrected chi connectivity index (χ2v) is 3.85. The van der Waals surface area contributed by atoms with Gasteiger partial charge >= 0.3 is 0 Å². The van der Waals surface area contributed by atoms with E-state index in [2.05, 4.69) is 12.2 Å². The average molecular weight is 165 g/mol. The number of rotatable bonds is 0. The maximum absolute atomic E-state index is 11.1. The number of amides is 1. The van der Waals surface area contributed by atoms with E-state index in [0.29, 0.717) is 5.92 Å². The summed E-state index contributed by atoms with van der Waals surface area (Å²) in [6.07, 6.45) is 7.01. The molecule has 0 bridgehead atoms. The molecule has 0 aromatic carbocycles. The van der Waals surface area contributed by atoms with Crippen molar-refractivity contribution in [3.8, 4) is 0 Å².